The van der Waals surface area contributed by atoms with Crippen LogP contribution in [-0.4, -0.2) is 47.4 Å². The summed E-state index contributed by atoms with van der Waals surface area (Å²) in [6.07, 6.45) is 2.20. The van der Waals surface area contributed by atoms with Gasteiger partial charge in [-0.2, -0.15) is 0 Å². The third-order valence-corrected chi connectivity index (χ3v) is 5.34. The number of ether oxygens (including phenoxy) is 1. The van der Waals surface area contributed by atoms with Crippen LogP contribution in [0.25, 0.3) is 0 Å². The molecule has 0 aliphatic carbocycles. The molecular weight excluding hydrogens is 396 g/mol. The van der Waals surface area contributed by atoms with Gasteiger partial charge >= 0.3 is 5.97 Å². The third-order valence-electron chi connectivity index (χ3n) is 5.34. The van der Waals surface area contributed by atoms with Crippen molar-refractivity contribution in [2.75, 3.05) is 25.0 Å². The molecule has 0 spiro atoms. The summed E-state index contributed by atoms with van der Waals surface area (Å²) in [7, 11) is 0. The van der Waals surface area contributed by atoms with E-state index >= 15 is 0 Å². The minimum Gasteiger partial charge on any atom is -0.491 e. The lowest BCUT2D eigenvalue weighted by molar-refractivity contribution is -0.138. The predicted octanol–water partition coefficient (Wildman–Crippen LogP) is 2.77. The molecule has 1 amide bonds. The van der Waals surface area contributed by atoms with Gasteiger partial charge in [0.25, 0.3) is 0 Å². The van der Waals surface area contributed by atoms with E-state index < -0.39 is 12.0 Å². The largest absolute Gasteiger partial charge is 0.491 e. The van der Waals surface area contributed by atoms with Crippen molar-refractivity contribution in [3.63, 3.8) is 0 Å². The molecule has 31 heavy (non-hydrogen) atoms. The standard InChI is InChI=1S/C23H28N4O4/c1-2-15-5-10-19(31-13-12-27-11-3-4-20(27)28)18(14-15)21(23(29)30)26-17-8-6-16(7-9-17)22(24)25/h5-10,14,21,26H,2-4,11-13H2,1H3,(H3,24,25)(H,29,30)/t21-/m1/s1. The molecule has 2 aromatic rings. The van der Waals surface area contributed by atoms with E-state index in [9.17, 15) is 14.7 Å². The highest BCUT2D eigenvalue weighted by Crippen LogP contribution is 2.30. The van der Waals surface area contributed by atoms with Crippen LogP contribution in [0.2, 0.25) is 0 Å². The van der Waals surface area contributed by atoms with Gasteiger partial charge in [0, 0.05) is 29.8 Å². The number of rotatable bonds is 10. The molecule has 0 radical (unpaired) electrons. The first kappa shape index (κ1) is 22.1. The number of hydrogen-bond acceptors (Lipinski definition) is 5. The first-order chi connectivity index (χ1) is 14.9. The lowest BCUT2D eigenvalue weighted by Crippen LogP contribution is -2.29. The van der Waals surface area contributed by atoms with E-state index in [0.29, 0.717) is 42.1 Å². The van der Waals surface area contributed by atoms with Crippen LogP contribution < -0.4 is 15.8 Å². The number of carboxylic acid groups (broad SMARTS) is 1. The zero-order valence-electron chi connectivity index (χ0n) is 17.6. The van der Waals surface area contributed by atoms with Gasteiger partial charge in [0.05, 0.1) is 6.54 Å². The van der Waals surface area contributed by atoms with Crippen molar-refractivity contribution in [1.82, 2.24) is 4.90 Å². The maximum Gasteiger partial charge on any atom is 0.330 e. The number of benzene rings is 2. The number of carbonyl (C=O) groups is 2. The molecule has 8 heteroatoms. The van der Waals surface area contributed by atoms with Crippen molar-refractivity contribution in [2.45, 2.75) is 32.2 Å². The van der Waals surface area contributed by atoms with Crippen molar-refractivity contribution in [2.24, 2.45) is 5.73 Å². The Balaban J connectivity index is 1.80. The summed E-state index contributed by atoms with van der Waals surface area (Å²) in [6, 6.07) is 11.2. The van der Waals surface area contributed by atoms with E-state index in [2.05, 4.69) is 5.32 Å². The highest BCUT2D eigenvalue weighted by Gasteiger charge is 2.25. The zero-order valence-corrected chi connectivity index (χ0v) is 17.6. The molecule has 0 saturated carbocycles. The number of hydrogen-bond donors (Lipinski definition) is 4. The van der Waals surface area contributed by atoms with Gasteiger partial charge in [-0.25, -0.2) is 4.79 Å². The van der Waals surface area contributed by atoms with Gasteiger partial charge in [0.1, 0.15) is 18.2 Å². The maximum atomic E-state index is 12.1. The molecule has 0 unspecified atom stereocenters. The number of anilines is 1. The van der Waals surface area contributed by atoms with Gasteiger partial charge in [0.2, 0.25) is 5.91 Å². The first-order valence-corrected chi connectivity index (χ1v) is 10.4. The van der Waals surface area contributed by atoms with E-state index in [0.717, 1.165) is 24.9 Å². The van der Waals surface area contributed by atoms with Gasteiger partial charge in [-0.1, -0.05) is 13.0 Å². The highest BCUT2D eigenvalue weighted by molar-refractivity contribution is 5.95. The average Bonchev–Trinajstić information content (AvgIpc) is 3.17. The lowest BCUT2D eigenvalue weighted by atomic mass is 10.0. The number of likely N-dealkylation sites (tertiary alicyclic amines) is 1. The number of carbonyl (C=O) groups excluding carboxylic acids is 1. The van der Waals surface area contributed by atoms with Crippen LogP contribution in [0.4, 0.5) is 5.69 Å². The second-order valence-electron chi connectivity index (χ2n) is 7.47. The van der Waals surface area contributed by atoms with Crippen molar-refractivity contribution >= 4 is 23.4 Å². The Morgan fingerprint density at radius 1 is 1.29 bits per heavy atom. The Hall–Kier alpha value is -3.55. The molecule has 8 nitrogen and oxygen atoms in total. The van der Waals surface area contributed by atoms with Crippen molar-refractivity contribution < 1.29 is 19.4 Å². The normalized spacial score (nSPS) is 14.4. The van der Waals surface area contributed by atoms with Gasteiger partial charge in [-0.05, 0) is 54.8 Å². The van der Waals surface area contributed by atoms with Gasteiger partial charge in [-0.3, -0.25) is 10.2 Å². The number of nitrogens with zero attached hydrogens (tertiary/aromatic N) is 1. The van der Waals surface area contributed by atoms with E-state index in [4.69, 9.17) is 15.9 Å². The number of amidine groups is 1. The van der Waals surface area contributed by atoms with Crippen molar-refractivity contribution in [3.05, 3.63) is 59.2 Å². The fraction of sp³-hybridized carbons (Fsp3) is 0.348. The van der Waals surface area contributed by atoms with Crippen LogP contribution >= 0.6 is 0 Å². The van der Waals surface area contributed by atoms with Crippen molar-refractivity contribution in [3.8, 4) is 5.75 Å². The average molecular weight is 425 g/mol. The second-order valence-corrected chi connectivity index (χ2v) is 7.47. The molecule has 0 aromatic heterocycles. The Bertz CT molecular complexity index is 959. The smallest absolute Gasteiger partial charge is 0.330 e. The first-order valence-electron chi connectivity index (χ1n) is 10.4. The predicted molar refractivity (Wildman–Crippen MR) is 119 cm³/mol. The van der Waals surface area contributed by atoms with Crippen LogP contribution in [0.15, 0.2) is 42.5 Å². The topological polar surface area (TPSA) is 129 Å². The van der Waals surface area contributed by atoms with E-state index in [1.54, 1.807) is 35.2 Å². The summed E-state index contributed by atoms with van der Waals surface area (Å²) in [5.41, 5.74) is 8.16. The number of amides is 1. The van der Waals surface area contributed by atoms with Crippen LogP contribution in [0.5, 0.6) is 5.75 Å². The summed E-state index contributed by atoms with van der Waals surface area (Å²) in [4.78, 5) is 25.7. The molecule has 1 fully saturated rings. The fourth-order valence-electron chi connectivity index (χ4n) is 3.57. The minimum atomic E-state index is -1.04. The molecule has 1 atom stereocenters. The summed E-state index contributed by atoms with van der Waals surface area (Å²) in [5, 5.41) is 20.4. The molecule has 1 aliphatic heterocycles. The Morgan fingerprint density at radius 3 is 2.61 bits per heavy atom. The summed E-state index contributed by atoms with van der Waals surface area (Å²) in [5.74, 6) is -0.485. The van der Waals surface area contributed by atoms with Gasteiger partial charge < -0.3 is 25.8 Å². The molecule has 1 aliphatic rings. The number of nitrogens with one attached hydrogen (secondary N) is 2. The third kappa shape index (κ3) is 5.53. The molecule has 1 heterocycles. The number of aliphatic carboxylic acids is 1. The highest BCUT2D eigenvalue weighted by atomic mass is 16.5. The van der Waals surface area contributed by atoms with Gasteiger partial charge in [0.15, 0.2) is 6.04 Å². The summed E-state index contributed by atoms with van der Waals surface area (Å²) < 4.78 is 5.92. The molecule has 0 bridgehead atoms. The Morgan fingerprint density at radius 2 is 2.03 bits per heavy atom. The van der Waals surface area contributed by atoms with E-state index in [1.165, 1.54) is 0 Å². The monoisotopic (exact) mass is 424 g/mol. The zero-order chi connectivity index (χ0) is 22.4. The minimum absolute atomic E-state index is 0.0517. The SMILES string of the molecule is CCc1ccc(OCCN2CCCC2=O)c([C@@H](Nc2ccc(C(=N)N)cc2)C(=O)O)c1. The van der Waals surface area contributed by atoms with Gasteiger partial charge in [-0.15, -0.1) is 0 Å². The van der Waals surface area contributed by atoms with Crippen molar-refractivity contribution in [1.29, 1.82) is 5.41 Å². The van der Waals surface area contributed by atoms with Crippen LogP contribution in [0.1, 0.15) is 42.5 Å². The molecule has 1 saturated heterocycles. The number of nitrogen functional groups attached to an aromatic ring is 1. The summed E-state index contributed by atoms with van der Waals surface area (Å²) >= 11 is 0. The van der Waals surface area contributed by atoms with Crippen LogP contribution in [-0.2, 0) is 16.0 Å². The van der Waals surface area contributed by atoms with Crippen LogP contribution in [0, 0.1) is 5.41 Å². The maximum absolute atomic E-state index is 12.1. The number of nitrogens with two attached hydrogens (primary N) is 1. The van der Waals surface area contributed by atoms with E-state index in [-0.39, 0.29) is 11.7 Å². The summed E-state index contributed by atoms with van der Waals surface area (Å²) in [6.45, 7) is 3.51. The molecule has 2 aromatic carbocycles. The molecule has 164 valence electrons. The fourth-order valence-corrected chi connectivity index (χ4v) is 3.57. The number of aryl methyl sites for hydroxylation is 1. The molecule has 3 rings (SSSR count). The Kier molecular flexibility index (Phi) is 7.12. The van der Waals surface area contributed by atoms with Crippen LogP contribution in [0.3, 0.4) is 0 Å². The quantitative estimate of drug-likeness (QED) is 0.343. The second kappa shape index (κ2) is 9.97. The number of carboxylic acids is 1. The molecular formula is C23H28N4O4. The Labute approximate surface area is 181 Å². The van der Waals surface area contributed by atoms with E-state index in [1.807, 2.05) is 19.1 Å². The lowest BCUT2D eigenvalue weighted by Gasteiger charge is -2.22. The molecule has 5 N–H and O–H groups in total.